The van der Waals surface area contributed by atoms with Gasteiger partial charge in [-0.1, -0.05) is 43.4 Å². The number of nitrogens with one attached hydrogen (secondary N) is 2. The molecule has 1 amide bonds. The number of anilines is 2. The molecule has 1 aromatic heterocycles. The summed E-state index contributed by atoms with van der Waals surface area (Å²) >= 11 is 1.34. The molecule has 1 aliphatic rings. The summed E-state index contributed by atoms with van der Waals surface area (Å²) in [6, 6.07) is 6.36. The van der Waals surface area contributed by atoms with Crippen molar-refractivity contribution in [2.24, 2.45) is 0 Å². The SMILES string of the molecule is Cc1nc(Nc2ccc(F)cc2)sc1C(=O)NC1CCCCCCC1. The molecule has 2 aromatic rings. The van der Waals surface area contributed by atoms with Crippen LogP contribution in [-0.2, 0) is 0 Å². The molecule has 0 unspecified atom stereocenters. The van der Waals surface area contributed by atoms with Crippen LogP contribution in [0.1, 0.15) is 60.3 Å². The Bertz CT molecular complexity index is 706. The van der Waals surface area contributed by atoms with Crippen molar-refractivity contribution in [2.45, 2.75) is 57.9 Å². The fourth-order valence-corrected chi connectivity index (χ4v) is 4.06. The molecule has 6 heteroatoms. The number of nitrogens with zero attached hydrogens (tertiary/aromatic N) is 1. The number of aromatic nitrogens is 1. The number of rotatable bonds is 4. The summed E-state index contributed by atoms with van der Waals surface area (Å²) in [5, 5.41) is 6.96. The molecule has 0 bridgehead atoms. The number of hydrogen-bond donors (Lipinski definition) is 2. The van der Waals surface area contributed by atoms with E-state index in [0.717, 1.165) is 24.2 Å². The number of amides is 1. The largest absolute Gasteiger partial charge is 0.349 e. The lowest BCUT2D eigenvalue weighted by Gasteiger charge is -2.20. The number of aryl methyl sites for hydroxylation is 1. The molecule has 134 valence electrons. The molecule has 0 atom stereocenters. The molecule has 1 aliphatic carbocycles. The Morgan fingerprint density at radius 3 is 2.44 bits per heavy atom. The summed E-state index contributed by atoms with van der Waals surface area (Å²) < 4.78 is 13.0. The minimum Gasteiger partial charge on any atom is -0.349 e. The van der Waals surface area contributed by atoms with Crippen molar-refractivity contribution < 1.29 is 9.18 Å². The van der Waals surface area contributed by atoms with Crippen molar-refractivity contribution in [1.29, 1.82) is 0 Å². The Hall–Kier alpha value is -1.95. The highest BCUT2D eigenvalue weighted by molar-refractivity contribution is 7.17. The summed E-state index contributed by atoms with van der Waals surface area (Å²) in [4.78, 5) is 17.7. The van der Waals surface area contributed by atoms with E-state index in [-0.39, 0.29) is 17.8 Å². The van der Waals surface area contributed by atoms with E-state index in [9.17, 15) is 9.18 Å². The topological polar surface area (TPSA) is 54.0 Å². The van der Waals surface area contributed by atoms with Gasteiger partial charge in [0.2, 0.25) is 0 Å². The third-order valence-corrected chi connectivity index (χ3v) is 5.61. The predicted molar refractivity (Wildman–Crippen MR) is 100 cm³/mol. The fourth-order valence-electron chi connectivity index (χ4n) is 3.17. The zero-order chi connectivity index (χ0) is 17.6. The number of carbonyl (C=O) groups excluding carboxylic acids is 1. The van der Waals surface area contributed by atoms with E-state index in [0.29, 0.717) is 10.0 Å². The van der Waals surface area contributed by atoms with E-state index in [2.05, 4.69) is 15.6 Å². The third-order valence-electron chi connectivity index (χ3n) is 4.54. The second-order valence-corrected chi connectivity index (χ2v) is 7.58. The Balaban J connectivity index is 1.64. The Morgan fingerprint density at radius 2 is 1.76 bits per heavy atom. The molecule has 4 nitrogen and oxygen atoms in total. The Labute approximate surface area is 151 Å². The normalized spacial score (nSPS) is 16.1. The lowest BCUT2D eigenvalue weighted by atomic mass is 9.97. The molecule has 0 saturated heterocycles. The maximum Gasteiger partial charge on any atom is 0.263 e. The standard InChI is InChI=1S/C19H24FN3OS/c1-13-17(18(24)22-15-7-5-3-2-4-6-8-15)25-19(21-13)23-16-11-9-14(20)10-12-16/h9-12,15H,2-8H2,1H3,(H,21,23)(H,22,24). The van der Waals surface area contributed by atoms with Crippen LogP contribution in [0.4, 0.5) is 15.2 Å². The van der Waals surface area contributed by atoms with Crippen LogP contribution >= 0.6 is 11.3 Å². The highest BCUT2D eigenvalue weighted by Gasteiger charge is 2.19. The van der Waals surface area contributed by atoms with Crippen molar-refractivity contribution in [2.75, 3.05) is 5.32 Å². The average Bonchev–Trinajstić information content (AvgIpc) is 2.92. The second-order valence-electron chi connectivity index (χ2n) is 6.58. The van der Waals surface area contributed by atoms with Crippen LogP contribution < -0.4 is 10.6 Å². The van der Waals surface area contributed by atoms with E-state index in [1.54, 1.807) is 12.1 Å². The van der Waals surface area contributed by atoms with Crippen molar-refractivity contribution in [3.05, 3.63) is 40.7 Å². The molecule has 2 N–H and O–H groups in total. The summed E-state index contributed by atoms with van der Waals surface area (Å²) in [6.07, 6.45) is 8.32. The minimum atomic E-state index is -0.278. The lowest BCUT2D eigenvalue weighted by molar-refractivity contribution is 0.0934. The Kier molecular flexibility index (Phi) is 6.02. The smallest absolute Gasteiger partial charge is 0.263 e. The highest BCUT2D eigenvalue weighted by Crippen LogP contribution is 2.26. The maximum atomic E-state index is 13.0. The van der Waals surface area contributed by atoms with Gasteiger partial charge in [0.1, 0.15) is 10.7 Å². The van der Waals surface area contributed by atoms with E-state index < -0.39 is 0 Å². The van der Waals surface area contributed by atoms with Crippen LogP contribution in [0.2, 0.25) is 0 Å². The lowest BCUT2D eigenvalue weighted by Crippen LogP contribution is -2.35. The van der Waals surface area contributed by atoms with Crippen molar-refractivity contribution in [3.63, 3.8) is 0 Å². The van der Waals surface area contributed by atoms with Crippen molar-refractivity contribution >= 4 is 28.1 Å². The first-order chi connectivity index (χ1) is 12.1. The molecule has 1 aromatic carbocycles. The van der Waals surface area contributed by atoms with Gasteiger partial charge in [0.05, 0.1) is 5.69 Å². The molecule has 25 heavy (non-hydrogen) atoms. The van der Waals surface area contributed by atoms with E-state index >= 15 is 0 Å². The van der Waals surface area contributed by atoms with Crippen LogP contribution in [0.5, 0.6) is 0 Å². The molecule has 0 radical (unpaired) electrons. The van der Waals surface area contributed by atoms with E-state index in [1.807, 2.05) is 6.92 Å². The van der Waals surface area contributed by atoms with Gasteiger partial charge in [0.15, 0.2) is 5.13 Å². The van der Waals surface area contributed by atoms with Gasteiger partial charge in [-0.05, 0) is 44.0 Å². The molecule has 0 aliphatic heterocycles. The third kappa shape index (κ3) is 5.01. The minimum absolute atomic E-state index is 0.0345. The first kappa shape index (κ1) is 17.9. The van der Waals surface area contributed by atoms with Crippen LogP contribution in [0, 0.1) is 12.7 Å². The van der Waals surface area contributed by atoms with Crippen LogP contribution in [0.15, 0.2) is 24.3 Å². The number of benzene rings is 1. The predicted octanol–water partition coefficient (Wildman–Crippen LogP) is 5.18. The van der Waals surface area contributed by atoms with Gasteiger partial charge in [0, 0.05) is 11.7 Å². The molecule has 1 saturated carbocycles. The van der Waals surface area contributed by atoms with E-state index in [1.165, 1.54) is 55.6 Å². The quantitative estimate of drug-likeness (QED) is 0.789. The molecular formula is C19H24FN3OS. The number of thiazole rings is 1. The summed E-state index contributed by atoms with van der Waals surface area (Å²) in [6.45, 7) is 1.85. The van der Waals surface area contributed by atoms with Crippen molar-refractivity contribution in [1.82, 2.24) is 10.3 Å². The fraction of sp³-hybridized carbons (Fsp3) is 0.474. The van der Waals surface area contributed by atoms with Crippen LogP contribution in [0.3, 0.4) is 0 Å². The van der Waals surface area contributed by atoms with E-state index in [4.69, 9.17) is 0 Å². The highest BCUT2D eigenvalue weighted by atomic mass is 32.1. The average molecular weight is 361 g/mol. The second kappa shape index (κ2) is 8.43. The monoisotopic (exact) mass is 361 g/mol. The zero-order valence-corrected chi connectivity index (χ0v) is 15.3. The number of hydrogen-bond acceptors (Lipinski definition) is 4. The van der Waals surface area contributed by atoms with Gasteiger partial charge < -0.3 is 10.6 Å². The molecule has 0 spiro atoms. The van der Waals surface area contributed by atoms with Gasteiger partial charge in [-0.15, -0.1) is 0 Å². The molecule has 3 rings (SSSR count). The van der Waals surface area contributed by atoms with Gasteiger partial charge in [-0.3, -0.25) is 4.79 Å². The van der Waals surface area contributed by atoms with Gasteiger partial charge in [-0.25, -0.2) is 9.37 Å². The van der Waals surface area contributed by atoms with Gasteiger partial charge in [-0.2, -0.15) is 0 Å². The molecular weight excluding hydrogens is 337 g/mol. The summed E-state index contributed by atoms with van der Waals surface area (Å²) in [5.41, 5.74) is 1.47. The van der Waals surface area contributed by atoms with Gasteiger partial charge in [0.25, 0.3) is 5.91 Å². The number of carbonyl (C=O) groups is 1. The Morgan fingerprint density at radius 1 is 1.12 bits per heavy atom. The molecule has 1 heterocycles. The van der Waals surface area contributed by atoms with Gasteiger partial charge >= 0.3 is 0 Å². The zero-order valence-electron chi connectivity index (χ0n) is 14.5. The first-order valence-corrected chi connectivity index (χ1v) is 9.74. The maximum absolute atomic E-state index is 13.0. The summed E-state index contributed by atoms with van der Waals surface area (Å²) in [7, 11) is 0. The van der Waals surface area contributed by atoms with Crippen LogP contribution in [0.25, 0.3) is 0 Å². The summed E-state index contributed by atoms with van der Waals surface area (Å²) in [5.74, 6) is -0.312. The first-order valence-electron chi connectivity index (χ1n) is 8.93. The van der Waals surface area contributed by atoms with Crippen LogP contribution in [-0.4, -0.2) is 16.9 Å². The number of halogens is 1. The van der Waals surface area contributed by atoms with Crippen molar-refractivity contribution in [3.8, 4) is 0 Å². The molecule has 1 fully saturated rings.